The van der Waals surface area contributed by atoms with Crippen molar-refractivity contribution in [2.45, 2.75) is 52.0 Å². The fourth-order valence-corrected chi connectivity index (χ4v) is 2.66. The largest absolute Gasteiger partial charge is 0.478 e. The fourth-order valence-electron chi connectivity index (χ4n) is 1.89. The smallest absolute Gasteiger partial charge is 0.338 e. The van der Waals surface area contributed by atoms with E-state index >= 15 is 0 Å². The van der Waals surface area contributed by atoms with E-state index in [0.717, 1.165) is 12.8 Å². The quantitative estimate of drug-likeness (QED) is 0.636. The molecule has 0 saturated carbocycles. The standard InChI is InChI=1S/C14H22N2O3S/c1-3-4-5-6-7-10(2)15-14(19)16-12-11(13(17)18)8-9-20-12/h8-10H,3-7H2,1-2H3,(H,17,18)(H2,15,16,19). The molecule has 0 aliphatic heterocycles. The number of thiophene rings is 1. The number of amides is 2. The third-order valence-electron chi connectivity index (χ3n) is 2.99. The molecule has 0 aliphatic rings. The first-order chi connectivity index (χ1) is 9.54. The average molecular weight is 298 g/mol. The van der Waals surface area contributed by atoms with E-state index in [1.54, 1.807) is 5.38 Å². The molecule has 0 radical (unpaired) electrons. The summed E-state index contributed by atoms with van der Waals surface area (Å²) in [5, 5.41) is 16.4. The van der Waals surface area contributed by atoms with Gasteiger partial charge in [0.25, 0.3) is 0 Å². The van der Waals surface area contributed by atoms with Gasteiger partial charge in [-0.2, -0.15) is 0 Å². The van der Waals surface area contributed by atoms with Crippen LogP contribution in [-0.2, 0) is 0 Å². The summed E-state index contributed by atoms with van der Waals surface area (Å²) < 4.78 is 0. The molecule has 6 heteroatoms. The van der Waals surface area contributed by atoms with Crippen molar-refractivity contribution in [2.75, 3.05) is 5.32 Å². The number of anilines is 1. The van der Waals surface area contributed by atoms with E-state index in [2.05, 4.69) is 17.6 Å². The Kier molecular flexibility index (Phi) is 7.08. The van der Waals surface area contributed by atoms with Crippen molar-refractivity contribution in [3.05, 3.63) is 17.0 Å². The first-order valence-electron chi connectivity index (χ1n) is 6.93. The molecule has 1 unspecified atom stereocenters. The molecule has 20 heavy (non-hydrogen) atoms. The van der Waals surface area contributed by atoms with E-state index in [1.807, 2.05) is 6.92 Å². The lowest BCUT2D eigenvalue weighted by Gasteiger charge is -2.14. The lowest BCUT2D eigenvalue weighted by molar-refractivity contribution is 0.0698. The molecule has 1 aromatic heterocycles. The van der Waals surface area contributed by atoms with Gasteiger partial charge in [0, 0.05) is 6.04 Å². The maximum atomic E-state index is 11.8. The molecule has 1 rings (SSSR count). The van der Waals surface area contributed by atoms with Gasteiger partial charge in [0.15, 0.2) is 0 Å². The van der Waals surface area contributed by atoms with Crippen molar-refractivity contribution in [3.63, 3.8) is 0 Å². The maximum absolute atomic E-state index is 11.8. The van der Waals surface area contributed by atoms with Gasteiger partial charge in [-0.05, 0) is 24.8 Å². The van der Waals surface area contributed by atoms with Crippen LogP contribution in [0.2, 0.25) is 0 Å². The van der Waals surface area contributed by atoms with Crippen LogP contribution in [0.25, 0.3) is 0 Å². The zero-order valence-corrected chi connectivity index (χ0v) is 12.8. The Hall–Kier alpha value is -1.56. The number of nitrogens with one attached hydrogen (secondary N) is 2. The number of urea groups is 1. The van der Waals surface area contributed by atoms with Gasteiger partial charge >= 0.3 is 12.0 Å². The molecule has 1 atom stereocenters. The van der Waals surface area contributed by atoms with Crippen LogP contribution in [0.4, 0.5) is 9.80 Å². The third-order valence-corrected chi connectivity index (χ3v) is 3.82. The highest BCUT2D eigenvalue weighted by Gasteiger charge is 2.14. The number of unbranched alkanes of at least 4 members (excludes halogenated alkanes) is 3. The molecule has 1 aromatic rings. The Labute approximate surface area is 123 Å². The SMILES string of the molecule is CCCCCCC(C)NC(=O)Nc1sccc1C(=O)O. The summed E-state index contributed by atoms with van der Waals surface area (Å²) in [6.45, 7) is 4.12. The Morgan fingerprint density at radius 2 is 2.10 bits per heavy atom. The third kappa shape index (κ3) is 5.61. The van der Waals surface area contributed by atoms with Gasteiger partial charge in [-0.1, -0.05) is 32.6 Å². The van der Waals surface area contributed by atoms with Crippen LogP contribution in [0.3, 0.4) is 0 Å². The van der Waals surface area contributed by atoms with Gasteiger partial charge in [0.2, 0.25) is 0 Å². The summed E-state index contributed by atoms with van der Waals surface area (Å²) in [7, 11) is 0. The topological polar surface area (TPSA) is 78.4 Å². The maximum Gasteiger partial charge on any atom is 0.338 e. The van der Waals surface area contributed by atoms with E-state index in [0.29, 0.717) is 5.00 Å². The van der Waals surface area contributed by atoms with Crippen molar-refractivity contribution in [3.8, 4) is 0 Å². The van der Waals surface area contributed by atoms with Crippen LogP contribution in [0, 0.1) is 0 Å². The highest BCUT2D eigenvalue weighted by molar-refractivity contribution is 7.14. The number of carbonyl (C=O) groups is 2. The normalized spacial score (nSPS) is 11.9. The van der Waals surface area contributed by atoms with Crippen LogP contribution in [0.5, 0.6) is 0 Å². The molecule has 0 fully saturated rings. The number of hydrogen-bond acceptors (Lipinski definition) is 3. The number of carboxylic acid groups (broad SMARTS) is 1. The monoisotopic (exact) mass is 298 g/mol. The molecular weight excluding hydrogens is 276 g/mol. The zero-order valence-electron chi connectivity index (χ0n) is 11.9. The summed E-state index contributed by atoms with van der Waals surface area (Å²) in [6.07, 6.45) is 5.62. The van der Waals surface area contributed by atoms with Crippen molar-refractivity contribution < 1.29 is 14.7 Å². The summed E-state index contributed by atoms with van der Waals surface area (Å²) in [6, 6.07) is 1.22. The molecule has 0 aromatic carbocycles. The Morgan fingerprint density at radius 3 is 2.75 bits per heavy atom. The summed E-state index contributed by atoms with van der Waals surface area (Å²) in [5.41, 5.74) is 0.126. The van der Waals surface area contributed by atoms with Crippen molar-refractivity contribution in [1.29, 1.82) is 0 Å². The molecule has 3 N–H and O–H groups in total. The number of hydrogen-bond donors (Lipinski definition) is 3. The van der Waals surface area contributed by atoms with Gasteiger partial charge in [-0.15, -0.1) is 11.3 Å². The van der Waals surface area contributed by atoms with Gasteiger partial charge < -0.3 is 10.4 Å². The van der Waals surface area contributed by atoms with Gasteiger partial charge in [-0.25, -0.2) is 9.59 Å². The summed E-state index contributed by atoms with van der Waals surface area (Å²) in [4.78, 5) is 22.7. The van der Waals surface area contributed by atoms with Crippen molar-refractivity contribution >= 4 is 28.3 Å². The van der Waals surface area contributed by atoms with Crippen LogP contribution in [0.1, 0.15) is 56.3 Å². The minimum atomic E-state index is -1.03. The van der Waals surface area contributed by atoms with E-state index in [9.17, 15) is 9.59 Å². The van der Waals surface area contributed by atoms with Crippen LogP contribution < -0.4 is 10.6 Å². The number of carboxylic acids is 1. The van der Waals surface area contributed by atoms with Crippen LogP contribution in [0.15, 0.2) is 11.4 Å². The Bertz CT molecular complexity index is 445. The first kappa shape index (κ1) is 16.5. The zero-order chi connectivity index (χ0) is 15.0. The molecule has 0 saturated heterocycles. The van der Waals surface area contributed by atoms with E-state index in [1.165, 1.54) is 36.7 Å². The lowest BCUT2D eigenvalue weighted by atomic mass is 10.1. The first-order valence-corrected chi connectivity index (χ1v) is 7.80. The minimum absolute atomic E-state index is 0.0834. The predicted molar refractivity (Wildman–Crippen MR) is 81.7 cm³/mol. The Morgan fingerprint density at radius 1 is 1.35 bits per heavy atom. The lowest BCUT2D eigenvalue weighted by Crippen LogP contribution is -2.36. The highest BCUT2D eigenvalue weighted by Crippen LogP contribution is 2.22. The summed E-state index contributed by atoms with van der Waals surface area (Å²) in [5.74, 6) is -1.03. The highest BCUT2D eigenvalue weighted by atomic mass is 32.1. The number of aromatic carboxylic acids is 1. The molecule has 2 amide bonds. The van der Waals surface area contributed by atoms with Crippen molar-refractivity contribution in [2.24, 2.45) is 0 Å². The van der Waals surface area contributed by atoms with Crippen LogP contribution in [-0.4, -0.2) is 23.1 Å². The Balaban J connectivity index is 2.35. The molecule has 0 aliphatic carbocycles. The van der Waals surface area contributed by atoms with Crippen molar-refractivity contribution in [1.82, 2.24) is 5.32 Å². The second-order valence-corrected chi connectivity index (χ2v) is 5.73. The van der Waals surface area contributed by atoms with E-state index in [4.69, 9.17) is 5.11 Å². The molecule has 0 bridgehead atoms. The van der Waals surface area contributed by atoms with Crippen LogP contribution >= 0.6 is 11.3 Å². The molecule has 5 nitrogen and oxygen atoms in total. The van der Waals surface area contributed by atoms with Gasteiger partial charge in [0.1, 0.15) is 5.00 Å². The molecular formula is C14H22N2O3S. The average Bonchev–Trinajstić information content (AvgIpc) is 2.82. The second-order valence-electron chi connectivity index (χ2n) is 4.82. The minimum Gasteiger partial charge on any atom is -0.478 e. The number of rotatable bonds is 8. The van der Waals surface area contributed by atoms with Gasteiger partial charge in [0.05, 0.1) is 5.56 Å². The van der Waals surface area contributed by atoms with E-state index in [-0.39, 0.29) is 17.6 Å². The molecule has 1 heterocycles. The van der Waals surface area contributed by atoms with E-state index < -0.39 is 5.97 Å². The fraction of sp³-hybridized carbons (Fsp3) is 0.571. The molecule has 112 valence electrons. The number of carbonyl (C=O) groups excluding carboxylic acids is 1. The van der Waals surface area contributed by atoms with Gasteiger partial charge in [-0.3, -0.25) is 5.32 Å². The molecule has 0 spiro atoms. The predicted octanol–water partition coefficient (Wildman–Crippen LogP) is 3.93. The second kappa shape index (κ2) is 8.58. The summed E-state index contributed by atoms with van der Waals surface area (Å²) >= 11 is 1.20.